The molecule has 1 saturated heterocycles. The maximum absolute atomic E-state index is 13.2. The van der Waals surface area contributed by atoms with E-state index in [1.807, 2.05) is 18.2 Å². The van der Waals surface area contributed by atoms with Crippen molar-refractivity contribution in [3.63, 3.8) is 0 Å². The maximum atomic E-state index is 13.2. The van der Waals surface area contributed by atoms with Gasteiger partial charge in [0.15, 0.2) is 0 Å². The van der Waals surface area contributed by atoms with Crippen molar-refractivity contribution >= 4 is 34.5 Å². The summed E-state index contributed by atoms with van der Waals surface area (Å²) in [6.45, 7) is 1.72. The van der Waals surface area contributed by atoms with E-state index in [1.54, 1.807) is 31.2 Å². The average molecular weight is 452 g/mol. The molecule has 33 heavy (non-hydrogen) atoms. The van der Waals surface area contributed by atoms with Gasteiger partial charge >= 0.3 is 5.97 Å². The second-order valence-electron chi connectivity index (χ2n) is 7.98. The van der Waals surface area contributed by atoms with E-state index in [2.05, 4.69) is 20.4 Å². The molecule has 3 N–H and O–H groups in total. The van der Waals surface area contributed by atoms with Crippen molar-refractivity contribution in [3.05, 3.63) is 54.4 Å². The number of amides is 3. The zero-order valence-electron chi connectivity index (χ0n) is 17.9. The maximum Gasteiger partial charge on any atom is 0.310 e. The van der Waals surface area contributed by atoms with E-state index >= 15 is 0 Å². The van der Waals surface area contributed by atoms with Crippen LogP contribution in [0.1, 0.15) is 30.3 Å². The number of benzene rings is 1. The van der Waals surface area contributed by atoms with E-state index in [0.717, 1.165) is 5.39 Å². The highest BCUT2D eigenvalue weighted by Crippen LogP contribution is 2.18. The summed E-state index contributed by atoms with van der Waals surface area (Å²) in [5.41, 5.74) is 0.214. The standard InChI is InChI=1S/C23H24N4O6/c1-13(20(29)26-17-12-18(28)33-23(17)32)27-11-5-4-8-16(22(27)31)25-21(30)19-15-7-3-2-6-14(15)9-10-24-19/h2-7,9-10,13,16-17,23,32H,8,11-12H2,1H3,(H,25,30)(H,26,29)/t13-,16-,17-,23?/m0/s1. The van der Waals surface area contributed by atoms with Gasteiger partial charge in [-0.1, -0.05) is 36.4 Å². The molecule has 10 heteroatoms. The summed E-state index contributed by atoms with van der Waals surface area (Å²) < 4.78 is 4.63. The summed E-state index contributed by atoms with van der Waals surface area (Å²) in [6, 6.07) is 6.47. The summed E-state index contributed by atoms with van der Waals surface area (Å²) in [5, 5.41) is 16.5. The highest BCUT2D eigenvalue weighted by molar-refractivity contribution is 6.06. The van der Waals surface area contributed by atoms with E-state index in [-0.39, 0.29) is 25.1 Å². The molecule has 0 spiro atoms. The Morgan fingerprint density at radius 2 is 1.97 bits per heavy atom. The summed E-state index contributed by atoms with van der Waals surface area (Å²) >= 11 is 0. The minimum atomic E-state index is -1.42. The van der Waals surface area contributed by atoms with Crippen molar-refractivity contribution in [2.75, 3.05) is 6.54 Å². The van der Waals surface area contributed by atoms with E-state index in [1.165, 1.54) is 11.1 Å². The van der Waals surface area contributed by atoms with Gasteiger partial charge in [0.05, 0.1) is 6.42 Å². The predicted octanol–water partition coefficient (Wildman–Crippen LogP) is 0.260. The molecule has 0 saturated carbocycles. The third-order valence-corrected chi connectivity index (χ3v) is 5.77. The molecule has 1 aromatic heterocycles. The zero-order chi connectivity index (χ0) is 23.5. The molecular formula is C23H24N4O6. The highest BCUT2D eigenvalue weighted by atomic mass is 16.6. The third-order valence-electron chi connectivity index (χ3n) is 5.77. The van der Waals surface area contributed by atoms with Crippen molar-refractivity contribution in [2.24, 2.45) is 0 Å². The Hall–Kier alpha value is -3.79. The van der Waals surface area contributed by atoms with Gasteiger partial charge in [0, 0.05) is 18.1 Å². The molecule has 0 aliphatic carbocycles. The monoisotopic (exact) mass is 452 g/mol. The highest BCUT2D eigenvalue weighted by Gasteiger charge is 2.38. The fourth-order valence-electron chi connectivity index (χ4n) is 3.92. The number of fused-ring (bicyclic) bond motifs is 1. The van der Waals surface area contributed by atoms with Gasteiger partial charge in [0.2, 0.25) is 18.1 Å². The molecule has 0 radical (unpaired) electrons. The van der Waals surface area contributed by atoms with Crippen LogP contribution in [0.2, 0.25) is 0 Å². The van der Waals surface area contributed by atoms with Gasteiger partial charge in [-0.15, -0.1) is 0 Å². The molecule has 0 bridgehead atoms. The van der Waals surface area contributed by atoms with E-state index in [9.17, 15) is 24.3 Å². The number of aliphatic hydroxyl groups excluding tert-OH is 1. The zero-order valence-corrected chi connectivity index (χ0v) is 17.9. The molecule has 1 aromatic carbocycles. The Morgan fingerprint density at radius 1 is 1.18 bits per heavy atom. The van der Waals surface area contributed by atoms with Gasteiger partial charge in [-0.2, -0.15) is 0 Å². The number of carbonyl (C=O) groups excluding carboxylic acids is 4. The molecule has 2 aromatic rings. The normalized spacial score (nSPS) is 23.7. The number of hydrogen-bond acceptors (Lipinski definition) is 7. The first-order chi connectivity index (χ1) is 15.8. The van der Waals surface area contributed by atoms with E-state index in [4.69, 9.17) is 0 Å². The van der Waals surface area contributed by atoms with Crippen LogP contribution in [0, 0.1) is 0 Å². The fourth-order valence-corrected chi connectivity index (χ4v) is 3.92. The summed E-state index contributed by atoms with van der Waals surface area (Å²) in [5.74, 6) is -2.06. The first-order valence-corrected chi connectivity index (χ1v) is 10.6. The summed E-state index contributed by atoms with van der Waals surface area (Å²) in [7, 11) is 0. The van der Waals surface area contributed by atoms with E-state index < -0.39 is 48.1 Å². The van der Waals surface area contributed by atoms with Crippen LogP contribution < -0.4 is 10.6 Å². The molecule has 4 rings (SSSR count). The minimum Gasteiger partial charge on any atom is -0.434 e. The number of pyridine rings is 1. The molecule has 4 atom stereocenters. The Bertz CT molecular complexity index is 1130. The number of carbonyl (C=O) groups is 4. The number of rotatable bonds is 5. The van der Waals surface area contributed by atoms with E-state index in [0.29, 0.717) is 5.39 Å². The van der Waals surface area contributed by atoms with Crippen LogP contribution in [0.25, 0.3) is 10.8 Å². The number of cyclic esters (lactones) is 1. The van der Waals surface area contributed by atoms with Gasteiger partial charge in [-0.3, -0.25) is 24.2 Å². The number of hydrogen-bond donors (Lipinski definition) is 3. The van der Waals surface area contributed by atoms with Crippen LogP contribution in [0.3, 0.4) is 0 Å². The number of aromatic nitrogens is 1. The average Bonchev–Trinajstić information content (AvgIpc) is 3.01. The number of ether oxygens (including phenoxy) is 1. The van der Waals surface area contributed by atoms with Gasteiger partial charge in [0.25, 0.3) is 5.91 Å². The number of aliphatic hydroxyl groups is 1. The van der Waals surface area contributed by atoms with Gasteiger partial charge in [0.1, 0.15) is 23.8 Å². The largest absolute Gasteiger partial charge is 0.434 e. The van der Waals surface area contributed by atoms with Crippen LogP contribution in [-0.2, 0) is 19.1 Å². The van der Waals surface area contributed by atoms with Crippen LogP contribution >= 0.6 is 0 Å². The van der Waals surface area contributed by atoms with Gasteiger partial charge in [-0.25, -0.2) is 0 Å². The van der Waals surface area contributed by atoms with Crippen LogP contribution in [0.5, 0.6) is 0 Å². The number of nitrogens with zero attached hydrogens (tertiary/aromatic N) is 2. The lowest BCUT2D eigenvalue weighted by Gasteiger charge is -2.30. The first-order valence-electron chi connectivity index (χ1n) is 10.6. The predicted molar refractivity (Wildman–Crippen MR) is 117 cm³/mol. The molecule has 2 aliphatic rings. The molecule has 1 fully saturated rings. The van der Waals surface area contributed by atoms with Crippen molar-refractivity contribution < 1.29 is 29.0 Å². The van der Waals surface area contributed by atoms with Crippen LogP contribution in [0.15, 0.2) is 48.7 Å². The Balaban J connectivity index is 1.47. The smallest absolute Gasteiger partial charge is 0.310 e. The SMILES string of the molecule is C[C@@H](C(=O)N[C@H]1CC(=O)OC1O)N1CC=CC[C@H](NC(=O)c2nccc3ccccc23)C1=O. The molecule has 10 nitrogen and oxygen atoms in total. The van der Waals surface area contributed by atoms with Crippen molar-refractivity contribution in [2.45, 2.75) is 44.2 Å². The number of esters is 1. The molecular weight excluding hydrogens is 428 g/mol. The van der Waals surface area contributed by atoms with Gasteiger partial charge in [-0.05, 0) is 24.8 Å². The molecule has 172 valence electrons. The molecule has 2 aliphatic heterocycles. The minimum absolute atomic E-state index is 0.149. The van der Waals surface area contributed by atoms with Crippen molar-refractivity contribution in [3.8, 4) is 0 Å². The van der Waals surface area contributed by atoms with Crippen molar-refractivity contribution in [1.82, 2.24) is 20.5 Å². The summed E-state index contributed by atoms with van der Waals surface area (Å²) in [4.78, 5) is 55.7. The van der Waals surface area contributed by atoms with Crippen LogP contribution in [-0.4, -0.2) is 69.6 Å². The topological polar surface area (TPSA) is 138 Å². The second kappa shape index (κ2) is 9.37. The molecule has 1 unspecified atom stereocenters. The fraction of sp³-hybridized carbons (Fsp3) is 0.348. The lowest BCUT2D eigenvalue weighted by atomic mass is 10.1. The number of nitrogens with one attached hydrogen (secondary N) is 2. The van der Waals surface area contributed by atoms with Crippen LogP contribution in [0.4, 0.5) is 0 Å². The molecule has 3 heterocycles. The lowest BCUT2D eigenvalue weighted by molar-refractivity contribution is -0.155. The Morgan fingerprint density at radius 3 is 2.73 bits per heavy atom. The third kappa shape index (κ3) is 4.70. The lowest BCUT2D eigenvalue weighted by Crippen LogP contribution is -2.56. The van der Waals surface area contributed by atoms with Crippen molar-refractivity contribution in [1.29, 1.82) is 0 Å². The molecule has 3 amide bonds. The quantitative estimate of drug-likeness (QED) is 0.437. The Kier molecular flexibility index (Phi) is 6.36. The summed E-state index contributed by atoms with van der Waals surface area (Å²) in [6.07, 6.45) is 3.76. The second-order valence-corrected chi connectivity index (χ2v) is 7.98. The van der Waals surface area contributed by atoms with Gasteiger partial charge < -0.3 is 25.4 Å². The Labute approximate surface area is 189 Å². The first kappa shape index (κ1) is 22.4.